The third-order valence-electron chi connectivity index (χ3n) is 3.83. The highest BCUT2D eigenvalue weighted by atomic mass is 16.5. The largest absolute Gasteiger partial charge is 0.381 e. The highest BCUT2D eigenvalue weighted by Crippen LogP contribution is 2.18. The summed E-state index contributed by atoms with van der Waals surface area (Å²) >= 11 is 0. The molecule has 0 radical (unpaired) electrons. The van der Waals surface area contributed by atoms with E-state index in [0.29, 0.717) is 24.1 Å². The molecule has 0 spiro atoms. The van der Waals surface area contributed by atoms with E-state index in [4.69, 9.17) is 4.74 Å². The number of ether oxygens (including phenoxy) is 1. The minimum atomic E-state index is -0.00857. The standard InChI is InChI=1S/C16H24N2O2/c1-17-15(10-13-6-5-9-20-12-13)11-18-16(19)14-7-3-2-4-8-14/h2-4,7-8,13,15,17H,5-6,9-12H2,1H3,(H,18,19)/t13-,15+/m1/s1. The van der Waals surface area contributed by atoms with Gasteiger partial charge >= 0.3 is 0 Å². The van der Waals surface area contributed by atoms with Gasteiger partial charge in [0.2, 0.25) is 0 Å². The highest BCUT2D eigenvalue weighted by molar-refractivity contribution is 5.94. The molecule has 2 rings (SSSR count). The maximum Gasteiger partial charge on any atom is 0.251 e. The molecular weight excluding hydrogens is 252 g/mol. The van der Waals surface area contributed by atoms with Crippen molar-refractivity contribution < 1.29 is 9.53 Å². The van der Waals surface area contributed by atoms with E-state index in [9.17, 15) is 4.79 Å². The molecule has 1 saturated heterocycles. The fourth-order valence-corrected chi connectivity index (χ4v) is 2.61. The average molecular weight is 276 g/mol. The number of hydrogen-bond acceptors (Lipinski definition) is 3. The third-order valence-corrected chi connectivity index (χ3v) is 3.83. The summed E-state index contributed by atoms with van der Waals surface area (Å²) in [7, 11) is 1.95. The zero-order chi connectivity index (χ0) is 14.2. The van der Waals surface area contributed by atoms with Gasteiger partial charge in [-0.05, 0) is 44.4 Å². The highest BCUT2D eigenvalue weighted by Gasteiger charge is 2.19. The lowest BCUT2D eigenvalue weighted by Gasteiger charge is -2.26. The van der Waals surface area contributed by atoms with Crippen molar-refractivity contribution in [1.29, 1.82) is 0 Å². The van der Waals surface area contributed by atoms with Gasteiger partial charge in [-0.2, -0.15) is 0 Å². The van der Waals surface area contributed by atoms with E-state index in [1.807, 2.05) is 37.4 Å². The monoisotopic (exact) mass is 276 g/mol. The van der Waals surface area contributed by atoms with Gasteiger partial charge in [-0.25, -0.2) is 0 Å². The zero-order valence-electron chi connectivity index (χ0n) is 12.1. The van der Waals surface area contributed by atoms with Crippen LogP contribution in [0.5, 0.6) is 0 Å². The second kappa shape index (κ2) is 8.02. The first-order chi connectivity index (χ1) is 9.79. The number of amides is 1. The van der Waals surface area contributed by atoms with E-state index >= 15 is 0 Å². The van der Waals surface area contributed by atoms with Crippen molar-refractivity contribution in [1.82, 2.24) is 10.6 Å². The maximum atomic E-state index is 12.0. The Balaban J connectivity index is 1.77. The number of nitrogens with one attached hydrogen (secondary N) is 2. The van der Waals surface area contributed by atoms with Gasteiger partial charge in [0.1, 0.15) is 0 Å². The molecule has 2 atom stereocenters. The molecule has 1 aromatic carbocycles. The Morgan fingerprint density at radius 2 is 2.20 bits per heavy atom. The lowest BCUT2D eigenvalue weighted by Crippen LogP contribution is -2.41. The summed E-state index contributed by atoms with van der Waals surface area (Å²) < 4.78 is 5.51. The van der Waals surface area contributed by atoms with Crippen molar-refractivity contribution in [3.8, 4) is 0 Å². The van der Waals surface area contributed by atoms with Crippen LogP contribution in [0, 0.1) is 5.92 Å². The molecule has 110 valence electrons. The topological polar surface area (TPSA) is 50.4 Å². The van der Waals surface area contributed by atoms with Crippen molar-refractivity contribution in [3.63, 3.8) is 0 Å². The van der Waals surface area contributed by atoms with Crippen LogP contribution < -0.4 is 10.6 Å². The molecule has 2 N–H and O–H groups in total. The molecule has 4 heteroatoms. The average Bonchev–Trinajstić information content (AvgIpc) is 2.53. The molecule has 1 heterocycles. The minimum Gasteiger partial charge on any atom is -0.381 e. The van der Waals surface area contributed by atoms with Crippen LogP contribution >= 0.6 is 0 Å². The summed E-state index contributed by atoms with van der Waals surface area (Å²) in [5, 5.41) is 6.28. The summed E-state index contributed by atoms with van der Waals surface area (Å²) in [4.78, 5) is 12.0. The van der Waals surface area contributed by atoms with Crippen LogP contribution in [0.25, 0.3) is 0 Å². The molecule has 20 heavy (non-hydrogen) atoms. The molecule has 0 bridgehead atoms. The van der Waals surface area contributed by atoms with Crippen LogP contribution in [0.15, 0.2) is 30.3 Å². The van der Waals surface area contributed by atoms with E-state index in [1.165, 1.54) is 6.42 Å². The first-order valence-electron chi connectivity index (χ1n) is 7.38. The fourth-order valence-electron chi connectivity index (χ4n) is 2.61. The summed E-state index contributed by atoms with van der Waals surface area (Å²) in [6, 6.07) is 9.63. The van der Waals surface area contributed by atoms with Crippen LogP contribution in [-0.4, -0.2) is 38.8 Å². The van der Waals surface area contributed by atoms with E-state index < -0.39 is 0 Å². The second-order valence-electron chi connectivity index (χ2n) is 5.38. The quantitative estimate of drug-likeness (QED) is 0.833. The maximum absolute atomic E-state index is 12.0. The number of likely N-dealkylation sites (N-methyl/N-ethyl adjacent to an activating group) is 1. The van der Waals surface area contributed by atoms with Crippen LogP contribution in [0.2, 0.25) is 0 Å². The number of benzene rings is 1. The number of hydrogen-bond donors (Lipinski definition) is 2. The van der Waals surface area contributed by atoms with E-state index in [-0.39, 0.29) is 5.91 Å². The SMILES string of the molecule is CN[C@H](CNC(=O)c1ccccc1)C[C@H]1CCCOC1. The molecule has 0 aromatic heterocycles. The van der Waals surface area contributed by atoms with E-state index in [2.05, 4.69) is 10.6 Å². The predicted octanol–water partition coefficient (Wildman–Crippen LogP) is 1.82. The minimum absolute atomic E-state index is 0.00857. The van der Waals surface area contributed by atoms with Gasteiger partial charge in [0.15, 0.2) is 0 Å². The Hall–Kier alpha value is -1.39. The first-order valence-corrected chi connectivity index (χ1v) is 7.38. The number of rotatable bonds is 6. The van der Waals surface area contributed by atoms with Gasteiger partial charge in [0, 0.05) is 31.4 Å². The molecule has 1 fully saturated rings. The molecular formula is C16H24N2O2. The molecule has 0 saturated carbocycles. The summed E-state index contributed by atoms with van der Waals surface area (Å²) in [5.74, 6) is 0.598. The van der Waals surface area contributed by atoms with Crippen LogP contribution in [0.3, 0.4) is 0 Å². The Kier molecular flexibility index (Phi) is 6.02. The zero-order valence-corrected chi connectivity index (χ0v) is 12.1. The van der Waals surface area contributed by atoms with Crippen LogP contribution in [-0.2, 0) is 4.74 Å². The Bertz CT molecular complexity index is 402. The number of carbonyl (C=O) groups excluding carboxylic acids is 1. The molecule has 1 aliphatic heterocycles. The summed E-state index contributed by atoms with van der Waals surface area (Å²) in [6.07, 6.45) is 3.42. The Labute approximate surface area is 120 Å². The first kappa shape index (κ1) is 15.0. The van der Waals surface area contributed by atoms with Gasteiger partial charge in [0.25, 0.3) is 5.91 Å². The van der Waals surface area contributed by atoms with Crippen molar-refractivity contribution >= 4 is 5.91 Å². The Morgan fingerprint density at radius 3 is 2.85 bits per heavy atom. The van der Waals surface area contributed by atoms with Gasteiger partial charge in [-0.15, -0.1) is 0 Å². The summed E-state index contributed by atoms with van der Waals surface area (Å²) in [5.41, 5.74) is 0.711. The van der Waals surface area contributed by atoms with Gasteiger partial charge in [-0.1, -0.05) is 18.2 Å². The number of carbonyl (C=O) groups is 1. The predicted molar refractivity (Wildman–Crippen MR) is 79.8 cm³/mol. The molecule has 4 nitrogen and oxygen atoms in total. The van der Waals surface area contributed by atoms with E-state index in [1.54, 1.807) is 0 Å². The van der Waals surface area contributed by atoms with Gasteiger partial charge < -0.3 is 15.4 Å². The summed E-state index contributed by atoms with van der Waals surface area (Å²) in [6.45, 7) is 2.40. The molecule has 1 aliphatic rings. The van der Waals surface area contributed by atoms with E-state index in [0.717, 1.165) is 26.1 Å². The molecule has 0 aliphatic carbocycles. The van der Waals surface area contributed by atoms with Crippen molar-refractivity contribution in [2.75, 3.05) is 26.8 Å². The second-order valence-corrected chi connectivity index (χ2v) is 5.38. The fraction of sp³-hybridized carbons (Fsp3) is 0.562. The van der Waals surface area contributed by atoms with Crippen molar-refractivity contribution in [2.24, 2.45) is 5.92 Å². The molecule has 1 amide bonds. The van der Waals surface area contributed by atoms with Crippen LogP contribution in [0.1, 0.15) is 29.6 Å². The van der Waals surface area contributed by atoms with Gasteiger partial charge in [0.05, 0.1) is 0 Å². The third kappa shape index (κ3) is 4.62. The van der Waals surface area contributed by atoms with Crippen LogP contribution in [0.4, 0.5) is 0 Å². The lowest BCUT2D eigenvalue weighted by molar-refractivity contribution is 0.0478. The normalized spacial score (nSPS) is 20.4. The molecule has 1 aromatic rings. The Morgan fingerprint density at radius 1 is 1.40 bits per heavy atom. The lowest BCUT2D eigenvalue weighted by atomic mass is 9.94. The smallest absolute Gasteiger partial charge is 0.251 e. The van der Waals surface area contributed by atoms with Crippen molar-refractivity contribution in [2.45, 2.75) is 25.3 Å². The van der Waals surface area contributed by atoms with Gasteiger partial charge in [-0.3, -0.25) is 4.79 Å². The molecule has 0 unspecified atom stereocenters. The van der Waals surface area contributed by atoms with Crippen molar-refractivity contribution in [3.05, 3.63) is 35.9 Å².